The van der Waals surface area contributed by atoms with E-state index < -0.39 is 0 Å². The molecule has 1 rings (SSSR count). The van der Waals surface area contributed by atoms with Crippen molar-refractivity contribution in [3.8, 4) is 0 Å². The summed E-state index contributed by atoms with van der Waals surface area (Å²) in [5.74, 6) is 1.16. The van der Waals surface area contributed by atoms with Gasteiger partial charge in [0, 0.05) is 30.3 Å². The van der Waals surface area contributed by atoms with Crippen LogP contribution in [0.1, 0.15) is 30.8 Å². The molecule has 0 aliphatic heterocycles. The van der Waals surface area contributed by atoms with Gasteiger partial charge in [0.2, 0.25) is 0 Å². The van der Waals surface area contributed by atoms with Gasteiger partial charge in [0.25, 0.3) is 0 Å². The summed E-state index contributed by atoms with van der Waals surface area (Å²) in [5, 5.41) is 4.53. The number of hydrogen-bond donors (Lipinski definition) is 1. The van der Waals surface area contributed by atoms with E-state index in [1.807, 2.05) is 23.1 Å². The van der Waals surface area contributed by atoms with Crippen molar-refractivity contribution in [2.45, 2.75) is 39.8 Å². The minimum absolute atomic E-state index is 0.581. The van der Waals surface area contributed by atoms with Gasteiger partial charge in [-0.3, -0.25) is 0 Å². The zero-order valence-electron chi connectivity index (χ0n) is 12.1. The van der Waals surface area contributed by atoms with Crippen molar-refractivity contribution in [2.75, 3.05) is 30.5 Å². The fraction of sp³-hybridized carbons (Fsp3) is 0.769. The number of thiazole rings is 1. The largest absolute Gasteiger partial charge is 0.347 e. The first-order valence-corrected chi connectivity index (χ1v) is 8.73. The first-order chi connectivity index (χ1) is 8.63. The molecule has 104 valence electrons. The molecule has 0 aromatic carbocycles. The summed E-state index contributed by atoms with van der Waals surface area (Å²) in [6.45, 7) is 8.43. The van der Waals surface area contributed by atoms with Crippen LogP contribution in [0.5, 0.6) is 0 Å². The minimum Gasteiger partial charge on any atom is -0.347 e. The van der Waals surface area contributed by atoms with Crippen LogP contribution in [-0.2, 0) is 6.54 Å². The van der Waals surface area contributed by atoms with Gasteiger partial charge in [0.05, 0.1) is 5.69 Å². The third-order valence-electron chi connectivity index (χ3n) is 3.10. The SMILES string of the molecule is CCNCc1sc(N(C)C(CC)CSC)nc1C. The van der Waals surface area contributed by atoms with Crippen molar-refractivity contribution in [3.63, 3.8) is 0 Å². The smallest absolute Gasteiger partial charge is 0.185 e. The summed E-state index contributed by atoms with van der Waals surface area (Å²) in [7, 11) is 2.17. The first-order valence-electron chi connectivity index (χ1n) is 6.52. The Morgan fingerprint density at radius 3 is 2.72 bits per heavy atom. The van der Waals surface area contributed by atoms with E-state index in [1.54, 1.807) is 0 Å². The molecular formula is C13H25N3S2. The quantitative estimate of drug-likeness (QED) is 0.795. The van der Waals surface area contributed by atoms with Crippen LogP contribution in [0.3, 0.4) is 0 Å². The molecule has 1 atom stereocenters. The number of aromatic nitrogens is 1. The van der Waals surface area contributed by atoms with E-state index in [-0.39, 0.29) is 0 Å². The molecule has 0 amide bonds. The van der Waals surface area contributed by atoms with Gasteiger partial charge < -0.3 is 10.2 Å². The molecule has 0 bridgehead atoms. The van der Waals surface area contributed by atoms with Crippen molar-refractivity contribution in [3.05, 3.63) is 10.6 Å². The molecule has 0 aliphatic carbocycles. The molecule has 0 fully saturated rings. The van der Waals surface area contributed by atoms with E-state index in [9.17, 15) is 0 Å². The predicted molar refractivity (Wildman–Crippen MR) is 85.1 cm³/mol. The second-order valence-electron chi connectivity index (χ2n) is 4.41. The van der Waals surface area contributed by atoms with Gasteiger partial charge in [-0.2, -0.15) is 11.8 Å². The van der Waals surface area contributed by atoms with Gasteiger partial charge in [-0.15, -0.1) is 11.3 Å². The maximum Gasteiger partial charge on any atom is 0.185 e. The Balaban J connectivity index is 2.75. The molecule has 18 heavy (non-hydrogen) atoms. The molecule has 5 heteroatoms. The zero-order chi connectivity index (χ0) is 13.5. The van der Waals surface area contributed by atoms with Crippen LogP contribution in [0.15, 0.2) is 0 Å². The van der Waals surface area contributed by atoms with Crippen LogP contribution in [0.2, 0.25) is 0 Å². The zero-order valence-corrected chi connectivity index (χ0v) is 13.7. The molecule has 1 aromatic rings. The van der Waals surface area contributed by atoms with Crippen LogP contribution in [0.25, 0.3) is 0 Å². The third kappa shape index (κ3) is 4.14. The molecule has 1 N–H and O–H groups in total. The highest BCUT2D eigenvalue weighted by Gasteiger charge is 2.17. The molecule has 0 spiro atoms. The maximum atomic E-state index is 4.71. The van der Waals surface area contributed by atoms with Gasteiger partial charge in [-0.1, -0.05) is 13.8 Å². The number of hydrogen-bond acceptors (Lipinski definition) is 5. The standard InChI is InChI=1S/C13H25N3S2/c1-6-11(9-17-5)16(4)13-15-10(3)12(18-13)8-14-7-2/h11,14H,6-9H2,1-5H3. The lowest BCUT2D eigenvalue weighted by Gasteiger charge is -2.26. The van der Waals surface area contributed by atoms with Crippen molar-refractivity contribution in [1.82, 2.24) is 10.3 Å². The van der Waals surface area contributed by atoms with E-state index in [2.05, 4.69) is 44.3 Å². The second kappa shape index (κ2) is 8.02. The van der Waals surface area contributed by atoms with Crippen LogP contribution in [-0.4, -0.2) is 36.6 Å². The van der Waals surface area contributed by atoms with Crippen LogP contribution in [0.4, 0.5) is 5.13 Å². The lowest BCUT2D eigenvalue weighted by Crippen LogP contribution is -2.33. The van der Waals surface area contributed by atoms with E-state index in [0.29, 0.717) is 6.04 Å². The van der Waals surface area contributed by atoms with Crippen molar-refractivity contribution in [1.29, 1.82) is 0 Å². The predicted octanol–water partition coefficient (Wildman–Crippen LogP) is 3.14. The minimum atomic E-state index is 0.581. The van der Waals surface area contributed by atoms with Crippen LogP contribution < -0.4 is 10.2 Å². The van der Waals surface area contributed by atoms with Gasteiger partial charge in [-0.25, -0.2) is 4.98 Å². The van der Waals surface area contributed by atoms with Gasteiger partial charge in [0.1, 0.15) is 0 Å². The highest BCUT2D eigenvalue weighted by atomic mass is 32.2. The van der Waals surface area contributed by atoms with Crippen LogP contribution in [0, 0.1) is 6.92 Å². The van der Waals surface area contributed by atoms with Crippen molar-refractivity contribution in [2.24, 2.45) is 0 Å². The Morgan fingerprint density at radius 2 is 2.17 bits per heavy atom. The summed E-state index contributed by atoms with van der Waals surface area (Å²) >= 11 is 3.73. The van der Waals surface area contributed by atoms with E-state index in [0.717, 1.165) is 24.0 Å². The number of rotatable bonds is 8. The molecule has 0 saturated carbocycles. The highest BCUT2D eigenvalue weighted by molar-refractivity contribution is 7.98. The Bertz CT molecular complexity index is 352. The van der Waals surface area contributed by atoms with Gasteiger partial charge in [0.15, 0.2) is 5.13 Å². The molecule has 0 aliphatic rings. The molecule has 1 heterocycles. The average molecular weight is 287 g/mol. The second-order valence-corrected chi connectivity index (χ2v) is 6.39. The summed E-state index contributed by atoms with van der Waals surface area (Å²) < 4.78 is 0. The monoisotopic (exact) mass is 287 g/mol. The summed E-state index contributed by atoms with van der Waals surface area (Å²) in [6, 6.07) is 0.581. The number of nitrogens with zero attached hydrogens (tertiary/aromatic N) is 2. The molecule has 1 aromatic heterocycles. The molecule has 0 radical (unpaired) electrons. The van der Waals surface area contributed by atoms with E-state index >= 15 is 0 Å². The number of anilines is 1. The first kappa shape index (κ1) is 15.8. The number of nitrogens with one attached hydrogen (secondary N) is 1. The van der Waals surface area contributed by atoms with E-state index in [4.69, 9.17) is 4.98 Å². The molecular weight excluding hydrogens is 262 g/mol. The normalized spacial score (nSPS) is 12.7. The molecule has 3 nitrogen and oxygen atoms in total. The van der Waals surface area contributed by atoms with Crippen molar-refractivity contribution < 1.29 is 0 Å². The maximum absolute atomic E-state index is 4.71. The molecule has 1 unspecified atom stereocenters. The average Bonchev–Trinajstić information content (AvgIpc) is 2.74. The number of thioether (sulfide) groups is 1. The van der Waals surface area contributed by atoms with Gasteiger partial charge in [-0.05, 0) is 26.1 Å². The summed E-state index contributed by atoms with van der Waals surface area (Å²) in [5.41, 5.74) is 1.17. The lowest BCUT2D eigenvalue weighted by atomic mass is 10.2. The Morgan fingerprint density at radius 1 is 1.44 bits per heavy atom. The summed E-state index contributed by atoms with van der Waals surface area (Å²) in [6.07, 6.45) is 3.33. The summed E-state index contributed by atoms with van der Waals surface area (Å²) in [4.78, 5) is 8.41. The van der Waals surface area contributed by atoms with Crippen molar-refractivity contribution >= 4 is 28.2 Å². The Labute approximate surface area is 119 Å². The number of aryl methyl sites for hydroxylation is 1. The molecule has 0 saturated heterocycles. The third-order valence-corrected chi connectivity index (χ3v) is 5.06. The fourth-order valence-corrected chi connectivity index (χ4v) is 3.73. The highest BCUT2D eigenvalue weighted by Crippen LogP contribution is 2.27. The van der Waals surface area contributed by atoms with Crippen LogP contribution >= 0.6 is 23.1 Å². The fourth-order valence-electron chi connectivity index (χ4n) is 1.82. The lowest BCUT2D eigenvalue weighted by molar-refractivity contribution is 0.671. The van der Waals surface area contributed by atoms with E-state index in [1.165, 1.54) is 17.0 Å². The van der Waals surface area contributed by atoms with Gasteiger partial charge >= 0.3 is 0 Å². The Hall–Kier alpha value is -0.260. The topological polar surface area (TPSA) is 28.2 Å². The Kier molecular flexibility index (Phi) is 7.04.